The summed E-state index contributed by atoms with van der Waals surface area (Å²) in [4.78, 5) is 4.61. The maximum Gasteiger partial charge on any atom is 0.250 e. The number of nitrogens with zero attached hydrogens (tertiary/aromatic N) is 2. The quantitative estimate of drug-likeness (QED) is 0.774. The van der Waals surface area contributed by atoms with E-state index in [0.29, 0.717) is 10.7 Å². The zero-order valence-electron chi connectivity index (χ0n) is 9.78. The maximum absolute atomic E-state index is 12.0. The van der Waals surface area contributed by atoms with Crippen LogP contribution in [0.3, 0.4) is 0 Å². The molecule has 102 valence electrons. The second-order valence-electron chi connectivity index (χ2n) is 3.54. The van der Waals surface area contributed by atoms with Gasteiger partial charge in [0.15, 0.2) is 5.82 Å². The van der Waals surface area contributed by atoms with E-state index in [1.54, 1.807) is 13.0 Å². The van der Waals surface area contributed by atoms with Crippen molar-refractivity contribution in [2.75, 3.05) is 0 Å². The molecule has 2 aromatic rings. The molecule has 0 aromatic carbocycles. The van der Waals surface area contributed by atoms with Crippen LogP contribution in [0.1, 0.15) is 16.6 Å². The van der Waals surface area contributed by atoms with Crippen molar-refractivity contribution in [2.24, 2.45) is 5.73 Å². The first-order chi connectivity index (χ1) is 8.88. The van der Waals surface area contributed by atoms with Gasteiger partial charge in [-0.3, -0.25) is 0 Å². The molecule has 2 aromatic heterocycles. The molecule has 0 saturated heterocycles. The first-order valence-corrected chi connectivity index (χ1v) is 7.78. The Bertz CT molecular complexity index is 704. The van der Waals surface area contributed by atoms with Gasteiger partial charge in [-0.15, -0.1) is 11.3 Å². The summed E-state index contributed by atoms with van der Waals surface area (Å²) < 4.78 is 31.3. The molecule has 19 heavy (non-hydrogen) atoms. The standard InChI is InChI=1S/C9H10N4O3S3/c1-5-12-7(16-13-5)4-11-19(14,15)8-3-2-6(18-8)9(10)17/h2-3,11H,4H2,1H3,(H2,10,17). The monoisotopic (exact) mass is 318 g/mol. The molecule has 0 fully saturated rings. The van der Waals surface area contributed by atoms with Crippen molar-refractivity contribution >= 4 is 38.6 Å². The largest absolute Gasteiger partial charge is 0.389 e. The first kappa shape index (κ1) is 14.1. The normalized spacial score (nSPS) is 11.6. The van der Waals surface area contributed by atoms with Gasteiger partial charge in [-0.1, -0.05) is 17.4 Å². The summed E-state index contributed by atoms with van der Waals surface area (Å²) in [5.41, 5.74) is 5.43. The Kier molecular flexibility index (Phi) is 3.94. The third-order valence-electron chi connectivity index (χ3n) is 2.07. The number of thiophene rings is 1. The average Bonchev–Trinajstić information content (AvgIpc) is 2.95. The zero-order valence-corrected chi connectivity index (χ0v) is 12.2. The summed E-state index contributed by atoms with van der Waals surface area (Å²) in [6, 6.07) is 3.01. The van der Waals surface area contributed by atoms with Gasteiger partial charge in [-0.25, -0.2) is 13.1 Å². The third-order valence-corrected chi connectivity index (χ3v) is 5.43. The van der Waals surface area contributed by atoms with Crippen LogP contribution in [0.5, 0.6) is 0 Å². The molecule has 0 unspecified atom stereocenters. The SMILES string of the molecule is Cc1noc(CNS(=O)(=O)c2ccc(C(N)=S)s2)n1. The van der Waals surface area contributed by atoms with Crippen LogP contribution in [-0.2, 0) is 16.6 Å². The molecule has 0 spiro atoms. The molecule has 10 heteroatoms. The topological polar surface area (TPSA) is 111 Å². The van der Waals surface area contributed by atoms with Crippen molar-refractivity contribution in [3.8, 4) is 0 Å². The number of aryl methyl sites for hydroxylation is 1. The van der Waals surface area contributed by atoms with Gasteiger partial charge >= 0.3 is 0 Å². The van der Waals surface area contributed by atoms with Crippen LogP contribution in [0.25, 0.3) is 0 Å². The smallest absolute Gasteiger partial charge is 0.250 e. The molecular weight excluding hydrogens is 308 g/mol. The average molecular weight is 318 g/mol. The first-order valence-electron chi connectivity index (χ1n) is 5.07. The van der Waals surface area contributed by atoms with Crippen LogP contribution in [0.15, 0.2) is 20.9 Å². The third kappa shape index (κ3) is 3.35. The number of nitrogens with one attached hydrogen (secondary N) is 1. The summed E-state index contributed by atoms with van der Waals surface area (Å²) in [6.07, 6.45) is 0. The van der Waals surface area contributed by atoms with E-state index in [1.807, 2.05) is 0 Å². The summed E-state index contributed by atoms with van der Waals surface area (Å²) in [6.45, 7) is 1.58. The van der Waals surface area contributed by atoms with Gasteiger partial charge in [-0.2, -0.15) is 4.98 Å². The van der Waals surface area contributed by atoms with Crippen LogP contribution in [0.2, 0.25) is 0 Å². The van der Waals surface area contributed by atoms with Gasteiger partial charge in [0.2, 0.25) is 5.89 Å². The Hall–Kier alpha value is -1.36. The highest BCUT2D eigenvalue weighted by Crippen LogP contribution is 2.21. The fourth-order valence-corrected chi connectivity index (χ4v) is 3.61. The summed E-state index contributed by atoms with van der Waals surface area (Å²) in [7, 11) is -3.64. The summed E-state index contributed by atoms with van der Waals surface area (Å²) in [5.74, 6) is 0.647. The second kappa shape index (κ2) is 5.33. The molecule has 0 radical (unpaired) electrons. The van der Waals surface area contributed by atoms with Crippen LogP contribution >= 0.6 is 23.6 Å². The van der Waals surface area contributed by atoms with E-state index in [1.165, 1.54) is 6.07 Å². The van der Waals surface area contributed by atoms with E-state index in [0.717, 1.165) is 11.3 Å². The second-order valence-corrected chi connectivity index (χ2v) is 7.06. The molecule has 0 amide bonds. The molecule has 0 atom stereocenters. The lowest BCUT2D eigenvalue weighted by Gasteiger charge is -2.00. The molecule has 0 aliphatic heterocycles. The zero-order chi connectivity index (χ0) is 14.0. The predicted molar refractivity (Wildman–Crippen MR) is 73.3 cm³/mol. The Labute approximate surface area is 118 Å². The van der Waals surface area contributed by atoms with Crippen LogP contribution in [0.4, 0.5) is 0 Å². The summed E-state index contributed by atoms with van der Waals surface area (Å²) in [5, 5.41) is 3.57. The molecular formula is C9H10N4O3S3. The minimum Gasteiger partial charge on any atom is -0.389 e. The molecule has 0 aliphatic carbocycles. The number of aromatic nitrogens is 2. The van der Waals surface area contributed by atoms with Crippen molar-refractivity contribution < 1.29 is 12.9 Å². The minimum atomic E-state index is -3.64. The number of thiocarbonyl (C=S) groups is 1. The molecule has 0 aliphatic rings. The van der Waals surface area contributed by atoms with Gasteiger partial charge < -0.3 is 10.3 Å². The van der Waals surface area contributed by atoms with Crippen molar-refractivity contribution in [3.63, 3.8) is 0 Å². The van der Waals surface area contributed by atoms with E-state index in [4.69, 9.17) is 22.5 Å². The van der Waals surface area contributed by atoms with Crippen molar-refractivity contribution in [2.45, 2.75) is 17.7 Å². The highest BCUT2D eigenvalue weighted by Gasteiger charge is 2.18. The van der Waals surface area contributed by atoms with Crippen LogP contribution in [0, 0.1) is 6.92 Å². The van der Waals surface area contributed by atoms with Crippen molar-refractivity contribution in [3.05, 3.63) is 28.7 Å². The molecule has 7 nitrogen and oxygen atoms in total. The van der Waals surface area contributed by atoms with Crippen molar-refractivity contribution in [1.29, 1.82) is 0 Å². The Morgan fingerprint density at radius 3 is 2.84 bits per heavy atom. The molecule has 2 rings (SSSR count). The number of hydrogen-bond donors (Lipinski definition) is 2. The molecule has 2 heterocycles. The number of hydrogen-bond acceptors (Lipinski definition) is 7. The Balaban J connectivity index is 2.11. The fraction of sp³-hybridized carbons (Fsp3) is 0.222. The number of rotatable bonds is 5. The van der Waals surface area contributed by atoms with Gasteiger partial charge in [0.05, 0.1) is 11.4 Å². The molecule has 3 N–H and O–H groups in total. The highest BCUT2D eigenvalue weighted by molar-refractivity contribution is 7.91. The molecule has 0 bridgehead atoms. The summed E-state index contributed by atoms with van der Waals surface area (Å²) >= 11 is 5.79. The minimum absolute atomic E-state index is 0.0660. The van der Waals surface area contributed by atoms with Gasteiger partial charge in [-0.05, 0) is 19.1 Å². The maximum atomic E-state index is 12.0. The van der Waals surface area contributed by atoms with Crippen LogP contribution in [-0.4, -0.2) is 23.5 Å². The predicted octanol–water partition coefficient (Wildman–Crippen LogP) is 0.552. The van der Waals surface area contributed by atoms with Gasteiger partial charge in [0.25, 0.3) is 10.0 Å². The fourth-order valence-electron chi connectivity index (χ4n) is 1.24. The Morgan fingerprint density at radius 1 is 1.58 bits per heavy atom. The van der Waals surface area contributed by atoms with E-state index in [-0.39, 0.29) is 21.6 Å². The van der Waals surface area contributed by atoms with Gasteiger partial charge in [0, 0.05) is 0 Å². The lowest BCUT2D eigenvalue weighted by molar-refractivity contribution is 0.372. The van der Waals surface area contributed by atoms with E-state index >= 15 is 0 Å². The van der Waals surface area contributed by atoms with E-state index < -0.39 is 10.0 Å². The van der Waals surface area contributed by atoms with Crippen molar-refractivity contribution in [1.82, 2.24) is 14.9 Å². The number of sulfonamides is 1. The number of nitrogens with two attached hydrogens (primary N) is 1. The molecule has 0 saturated carbocycles. The van der Waals surface area contributed by atoms with Gasteiger partial charge in [0.1, 0.15) is 9.20 Å². The van der Waals surface area contributed by atoms with E-state index in [2.05, 4.69) is 14.9 Å². The van der Waals surface area contributed by atoms with E-state index in [9.17, 15) is 8.42 Å². The van der Waals surface area contributed by atoms with Crippen LogP contribution < -0.4 is 10.5 Å². The highest BCUT2D eigenvalue weighted by atomic mass is 32.2. The lowest BCUT2D eigenvalue weighted by Crippen LogP contribution is -2.22. The Morgan fingerprint density at radius 2 is 2.32 bits per heavy atom. The lowest BCUT2D eigenvalue weighted by atomic mass is 10.5.